The van der Waals surface area contributed by atoms with Crippen LogP contribution in [0, 0.1) is 0 Å². The minimum atomic E-state index is -0.282. The smallest absolute Gasteiger partial charge is 0.257 e. The highest BCUT2D eigenvalue weighted by Gasteiger charge is 2.46. The van der Waals surface area contributed by atoms with Crippen LogP contribution in [0.5, 0.6) is 0 Å². The second-order valence-corrected chi connectivity index (χ2v) is 26.7. The number of rotatable bonds is 8. The van der Waals surface area contributed by atoms with Crippen LogP contribution in [0.4, 0.5) is 68.2 Å². The number of thiophene rings is 1. The number of furan rings is 2. The van der Waals surface area contributed by atoms with Crippen molar-refractivity contribution in [3.8, 4) is 0 Å². The van der Waals surface area contributed by atoms with Gasteiger partial charge in [0.05, 0.1) is 22.4 Å². The predicted octanol–water partition coefficient (Wildman–Crippen LogP) is 21.5. The van der Waals surface area contributed by atoms with E-state index in [0.717, 1.165) is 118 Å². The van der Waals surface area contributed by atoms with E-state index < -0.39 is 0 Å². The average Bonchev–Trinajstić information content (AvgIpc) is 1.12. The number of nitrogens with zero attached hydrogens (tertiary/aromatic N) is 4. The fourth-order valence-electron chi connectivity index (χ4n) is 14.2. The maximum atomic E-state index is 7.57. The van der Waals surface area contributed by atoms with Crippen LogP contribution in [0.2, 0.25) is 0 Å². The largest absolute Gasteiger partial charge is 0.456 e. The summed E-state index contributed by atoms with van der Waals surface area (Å²) in [6, 6.07) is 95.9. The highest BCUT2D eigenvalue weighted by atomic mass is 32.1. The van der Waals surface area contributed by atoms with Crippen LogP contribution in [0.15, 0.2) is 270 Å². The van der Waals surface area contributed by atoms with Crippen LogP contribution in [0.1, 0.15) is 52.7 Å². The molecule has 12 aromatic carbocycles. The lowest BCUT2D eigenvalue weighted by molar-refractivity contribution is 0.590. The summed E-state index contributed by atoms with van der Waals surface area (Å²) in [5.74, 6) is 0. The van der Waals surface area contributed by atoms with Crippen LogP contribution in [0.3, 0.4) is 0 Å². The van der Waals surface area contributed by atoms with Crippen LogP contribution in [0.25, 0.3) is 64.0 Å². The van der Waals surface area contributed by atoms with Gasteiger partial charge in [0, 0.05) is 87.5 Å². The van der Waals surface area contributed by atoms with E-state index in [-0.39, 0.29) is 17.5 Å². The maximum Gasteiger partial charge on any atom is 0.257 e. The van der Waals surface area contributed by atoms with Gasteiger partial charge in [-0.25, -0.2) is 0 Å². The van der Waals surface area contributed by atoms with Crippen LogP contribution < -0.4 is 36.0 Å². The molecule has 0 bridgehead atoms. The highest BCUT2D eigenvalue weighted by molar-refractivity contribution is 7.26. The SMILES string of the molecule is CC(C)(C)c1ccc(N2c3cc(N(c4cccc5c4oc4ccccc45)c4cccc5sc6ccccc6c45)ccc3B3c4c2cccc4N(c2ccc(C(C)(C)C)cc2)c2cc(N(c4ccccc4)c4ccccc4)c4c(oc5ccccc54)c23)cc1. The normalized spacial score (nSPS) is 13.0. The molecule has 0 spiro atoms. The Hall–Kier alpha value is -10.3. The molecule has 0 amide bonds. The number of benzene rings is 12. The van der Waals surface area contributed by atoms with Gasteiger partial charge < -0.3 is 28.4 Å². The lowest BCUT2D eigenvalue weighted by Crippen LogP contribution is -2.61. The van der Waals surface area contributed by atoms with Gasteiger partial charge in [-0.1, -0.05) is 187 Å². The Bertz CT molecular complexity index is 5230. The predicted molar refractivity (Wildman–Crippen MR) is 375 cm³/mol. The Morgan fingerprint density at radius 1 is 0.352 bits per heavy atom. The summed E-state index contributed by atoms with van der Waals surface area (Å²) >= 11 is 1.84. The summed E-state index contributed by atoms with van der Waals surface area (Å²) in [7, 11) is 0. The van der Waals surface area contributed by atoms with Gasteiger partial charge in [-0.2, -0.15) is 0 Å². The Kier molecular flexibility index (Phi) is 11.6. The molecule has 2 aliphatic rings. The Morgan fingerprint density at radius 2 is 0.875 bits per heavy atom. The third-order valence-electron chi connectivity index (χ3n) is 18.3. The quantitative estimate of drug-likeness (QED) is 0.141. The summed E-state index contributed by atoms with van der Waals surface area (Å²) in [6.07, 6.45) is 0. The fourth-order valence-corrected chi connectivity index (χ4v) is 15.3. The van der Waals surface area contributed by atoms with Crippen LogP contribution in [-0.4, -0.2) is 6.71 Å². The molecule has 0 atom stereocenters. The zero-order valence-corrected chi connectivity index (χ0v) is 50.7. The molecule has 15 aromatic rings. The highest BCUT2D eigenvalue weighted by Crippen LogP contribution is 2.53. The summed E-state index contributed by atoms with van der Waals surface area (Å²) in [5, 5.41) is 6.72. The first-order valence-corrected chi connectivity index (χ1v) is 31.3. The average molecular weight is 1150 g/mol. The van der Waals surface area contributed by atoms with Crippen molar-refractivity contribution in [2.45, 2.75) is 52.4 Å². The molecular weight excluding hydrogens is 1090 g/mol. The van der Waals surface area contributed by atoms with Crippen molar-refractivity contribution in [2.75, 3.05) is 19.6 Å². The van der Waals surface area contributed by atoms with Gasteiger partial charge in [0.1, 0.15) is 16.7 Å². The summed E-state index contributed by atoms with van der Waals surface area (Å²) in [6.45, 7) is 13.5. The molecular formula is C80H61BN4O2S. The van der Waals surface area contributed by atoms with E-state index in [1.807, 2.05) is 11.3 Å². The number of hydrogen-bond donors (Lipinski definition) is 0. The molecule has 0 radical (unpaired) electrons. The van der Waals surface area contributed by atoms with E-state index >= 15 is 0 Å². The van der Waals surface area contributed by atoms with Gasteiger partial charge in [-0.15, -0.1) is 11.3 Å². The molecule has 17 rings (SSSR count). The Morgan fingerprint density at radius 3 is 1.53 bits per heavy atom. The second-order valence-electron chi connectivity index (χ2n) is 25.6. The van der Waals surface area contributed by atoms with E-state index in [1.165, 1.54) is 42.2 Å². The van der Waals surface area contributed by atoms with Crippen LogP contribution >= 0.6 is 11.3 Å². The van der Waals surface area contributed by atoms with Crippen molar-refractivity contribution >= 4 is 167 Å². The monoisotopic (exact) mass is 1150 g/mol. The molecule has 88 heavy (non-hydrogen) atoms. The first-order valence-electron chi connectivity index (χ1n) is 30.5. The van der Waals surface area contributed by atoms with Gasteiger partial charge in [-0.05, 0) is 154 Å². The van der Waals surface area contributed by atoms with Crippen molar-refractivity contribution < 1.29 is 8.83 Å². The van der Waals surface area contributed by atoms with E-state index in [0.29, 0.717) is 0 Å². The molecule has 0 aliphatic carbocycles. The molecule has 3 aromatic heterocycles. The third-order valence-corrected chi connectivity index (χ3v) is 19.5. The van der Waals surface area contributed by atoms with E-state index in [4.69, 9.17) is 8.83 Å². The van der Waals surface area contributed by atoms with Gasteiger partial charge in [-0.3, -0.25) is 0 Å². The number of anilines is 12. The van der Waals surface area contributed by atoms with Gasteiger partial charge in [0.2, 0.25) is 0 Å². The molecule has 0 saturated carbocycles. The second kappa shape index (κ2) is 19.6. The minimum Gasteiger partial charge on any atom is -0.456 e. The molecule has 0 N–H and O–H groups in total. The fraction of sp³-hybridized carbons (Fsp3) is 0.100. The number of hydrogen-bond acceptors (Lipinski definition) is 7. The standard InChI is InChI=1S/C80H61BN4O2S/c1-79(2,3)50-38-42-54(43-39-50)83-63-31-20-32-64-75(63)81(61-47-46-56(48-66(61)83)85(62-30-21-37-72-73(62)60-28-15-18-36-71(60)88-72)65-33-19-29-58-57-26-13-16-34-69(57)86-77(58)65)76-68(84(64)55-44-40-51(41-45-55)80(4,5)6)49-67(74-59-27-14-17-35-70(59)87-78(74)76)82(52-22-9-7-10-23-52)53-24-11-8-12-25-53/h7-49H,1-6H3. The van der Waals surface area contributed by atoms with Gasteiger partial charge in [0.25, 0.3) is 6.71 Å². The van der Waals surface area contributed by atoms with Crippen molar-refractivity contribution in [3.63, 3.8) is 0 Å². The van der Waals surface area contributed by atoms with E-state index in [9.17, 15) is 0 Å². The maximum absolute atomic E-state index is 7.57. The molecule has 8 heteroatoms. The molecule has 2 aliphatic heterocycles. The first kappa shape index (κ1) is 52.1. The van der Waals surface area contributed by atoms with Crippen LogP contribution in [-0.2, 0) is 10.8 Å². The van der Waals surface area contributed by atoms with Crippen molar-refractivity contribution in [2.24, 2.45) is 0 Å². The van der Waals surface area contributed by atoms with E-state index in [2.05, 4.69) is 322 Å². The molecule has 0 saturated heterocycles. The molecule has 0 fully saturated rings. The molecule has 0 unspecified atom stereocenters. The third kappa shape index (κ3) is 8.01. The summed E-state index contributed by atoms with van der Waals surface area (Å²) < 4.78 is 17.1. The zero-order valence-electron chi connectivity index (χ0n) is 49.9. The topological polar surface area (TPSA) is 39.2 Å². The summed E-state index contributed by atoms with van der Waals surface area (Å²) in [4.78, 5) is 9.92. The number of para-hydroxylation sites is 5. The van der Waals surface area contributed by atoms with Crippen molar-refractivity contribution in [1.82, 2.24) is 0 Å². The van der Waals surface area contributed by atoms with Crippen molar-refractivity contribution in [3.05, 3.63) is 272 Å². The molecule has 422 valence electrons. The van der Waals surface area contributed by atoms with Gasteiger partial charge >= 0.3 is 0 Å². The zero-order chi connectivity index (χ0) is 59.2. The number of fused-ring (bicyclic) bond motifs is 14. The van der Waals surface area contributed by atoms with Crippen molar-refractivity contribution in [1.29, 1.82) is 0 Å². The minimum absolute atomic E-state index is 0.0431. The first-order chi connectivity index (χ1) is 42.9. The molecule has 5 heterocycles. The van der Waals surface area contributed by atoms with E-state index in [1.54, 1.807) is 0 Å². The lowest BCUT2D eigenvalue weighted by atomic mass is 9.33. The Balaban J connectivity index is 0.991. The molecule has 6 nitrogen and oxygen atoms in total. The lowest BCUT2D eigenvalue weighted by Gasteiger charge is -2.44. The summed E-state index contributed by atoms with van der Waals surface area (Å²) in [5.41, 5.74) is 22.1. The van der Waals surface area contributed by atoms with Gasteiger partial charge in [0.15, 0.2) is 5.58 Å². The Labute approximate surface area is 516 Å².